The summed E-state index contributed by atoms with van der Waals surface area (Å²) in [6.07, 6.45) is 3.48. The molecule has 0 aromatic heterocycles. The fourth-order valence-corrected chi connectivity index (χ4v) is 5.67. The number of rotatable bonds is 12. The molecular weight excluding hydrogens is 414 g/mol. The highest BCUT2D eigenvalue weighted by atomic mass is 32.2. The number of hydrogen-bond acceptors (Lipinski definition) is 4. The topological polar surface area (TPSA) is 78.0 Å². The number of carbonyl (C=O) groups is 2. The summed E-state index contributed by atoms with van der Waals surface area (Å²) in [7, 11) is -3.56. The van der Waals surface area contributed by atoms with Crippen LogP contribution in [0.5, 0.6) is 0 Å². The van der Waals surface area contributed by atoms with Gasteiger partial charge in [-0.1, -0.05) is 27.7 Å². The third-order valence-corrected chi connectivity index (χ3v) is 7.42. The average Bonchev–Trinajstić information content (AvgIpc) is 3.14. The number of sulfonamides is 1. The van der Waals surface area contributed by atoms with Crippen LogP contribution in [0.15, 0.2) is 29.2 Å². The Hall–Kier alpha value is -1.93. The van der Waals surface area contributed by atoms with Crippen molar-refractivity contribution in [2.45, 2.75) is 64.7 Å². The highest BCUT2D eigenvalue weighted by Gasteiger charge is 2.37. The largest absolute Gasteiger partial charge is 0.342 e. The van der Waals surface area contributed by atoms with Gasteiger partial charge >= 0.3 is 0 Å². The van der Waals surface area contributed by atoms with Crippen LogP contribution in [0, 0.1) is 5.92 Å². The first-order valence-electron chi connectivity index (χ1n) is 11.5. The maximum Gasteiger partial charge on any atom is 0.243 e. The quantitative estimate of drug-likeness (QED) is 0.487. The van der Waals surface area contributed by atoms with Gasteiger partial charge in [-0.25, -0.2) is 8.42 Å². The van der Waals surface area contributed by atoms with Gasteiger partial charge < -0.3 is 9.80 Å². The number of anilines is 1. The van der Waals surface area contributed by atoms with Gasteiger partial charge in [-0.15, -0.1) is 0 Å². The molecule has 1 aliphatic heterocycles. The van der Waals surface area contributed by atoms with Gasteiger partial charge in [0.15, 0.2) is 0 Å². The van der Waals surface area contributed by atoms with E-state index in [0.717, 1.165) is 25.7 Å². The van der Waals surface area contributed by atoms with Gasteiger partial charge in [0.2, 0.25) is 21.8 Å². The van der Waals surface area contributed by atoms with Crippen molar-refractivity contribution < 1.29 is 18.0 Å². The highest BCUT2D eigenvalue weighted by molar-refractivity contribution is 7.89. The molecule has 0 unspecified atom stereocenters. The van der Waals surface area contributed by atoms with Crippen molar-refractivity contribution in [3.05, 3.63) is 24.3 Å². The number of benzene rings is 1. The first-order valence-corrected chi connectivity index (χ1v) is 12.9. The minimum atomic E-state index is -3.56. The molecule has 2 rings (SSSR count). The molecule has 2 amide bonds. The summed E-state index contributed by atoms with van der Waals surface area (Å²) in [5.41, 5.74) is 0.634. The fourth-order valence-electron chi connectivity index (χ4n) is 4.05. The third kappa shape index (κ3) is 6.07. The van der Waals surface area contributed by atoms with Crippen LogP contribution >= 0.6 is 0 Å². The van der Waals surface area contributed by atoms with Crippen LogP contribution in [-0.4, -0.2) is 62.2 Å². The summed E-state index contributed by atoms with van der Waals surface area (Å²) in [4.78, 5) is 29.2. The van der Waals surface area contributed by atoms with E-state index >= 15 is 0 Å². The number of hydrogen-bond donors (Lipinski definition) is 0. The molecule has 1 fully saturated rings. The Morgan fingerprint density at radius 3 is 1.94 bits per heavy atom. The molecule has 1 heterocycles. The third-order valence-electron chi connectivity index (χ3n) is 5.51. The summed E-state index contributed by atoms with van der Waals surface area (Å²) in [6, 6.07) is 6.46. The minimum Gasteiger partial charge on any atom is -0.342 e. The van der Waals surface area contributed by atoms with E-state index < -0.39 is 10.0 Å². The maximum absolute atomic E-state index is 12.9. The molecule has 0 saturated carbocycles. The Balaban J connectivity index is 2.15. The monoisotopic (exact) mass is 451 g/mol. The van der Waals surface area contributed by atoms with Crippen molar-refractivity contribution in [1.29, 1.82) is 0 Å². The second-order valence-electron chi connectivity index (χ2n) is 8.13. The van der Waals surface area contributed by atoms with Crippen LogP contribution in [0.4, 0.5) is 5.69 Å². The first-order chi connectivity index (χ1) is 14.8. The minimum absolute atomic E-state index is 0.0357. The molecule has 1 aliphatic rings. The molecule has 0 radical (unpaired) electrons. The van der Waals surface area contributed by atoms with Gasteiger partial charge in [0.05, 0.1) is 10.8 Å². The molecule has 0 aliphatic carbocycles. The van der Waals surface area contributed by atoms with Crippen molar-refractivity contribution in [2.75, 3.05) is 37.6 Å². The van der Waals surface area contributed by atoms with Crippen molar-refractivity contribution >= 4 is 27.5 Å². The van der Waals surface area contributed by atoms with Crippen LogP contribution in [0.3, 0.4) is 0 Å². The highest BCUT2D eigenvalue weighted by Crippen LogP contribution is 2.28. The van der Waals surface area contributed by atoms with Gasteiger partial charge in [-0.05, 0) is 49.9 Å². The molecule has 0 bridgehead atoms. The lowest BCUT2D eigenvalue weighted by Gasteiger charge is -2.25. The van der Waals surface area contributed by atoms with E-state index in [2.05, 4.69) is 0 Å². The summed E-state index contributed by atoms with van der Waals surface area (Å²) in [5, 5.41) is 0. The lowest BCUT2D eigenvalue weighted by Crippen LogP contribution is -2.38. The van der Waals surface area contributed by atoms with Crippen LogP contribution < -0.4 is 4.90 Å². The van der Waals surface area contributed by atoms with Crippen molar-refractivity contribution in [3.63, 3.8) is 0 Å². The summed E-state index contributed by atoms with van der Waals surface area (Å²) in [5.74, 6) is -0.410. The molecular formula is C23H37N3O4S. The Morgan fingerprint density at radius 1 is 0.935 bits per heavy atom. The van der Waals surface area contributed by atoms with Gasteiger partial charge in [0, 0.05) is 44.8 Å². The predicted molar refractivity (Wildman–Crippen MR) is 123 cm³/mol. The molecule has 0 spiro atoms. The van der Waals surface area contributed by atoms with Gasteiger partial charge in [-0.2, -0.15) is 4.31 Å². The number of nitrogens with zero attached hydrogens (tertiary/aromatic N) is 3. The Labute approximate surface area is 187 Å². The summed E-state index contributed by atoms with van der Waals surface area (Å²) in [6.45, 7) is 10.7. The fraction of sp³-hybridized carbons (Fsp3) is 0.652. The normalized spacial score (nSPS) is 16.9. The second kappa shape index (κ2) is 11.6. The van der Waals surface area contributed by atoms with E-state index in [9.17, 15) is 18.0 Å². The van der Waals surface area contributed by atoms with E-state index in [1.165, 1.54) is 4.31 Å². The first kappa shape index (κ1) is 25.3. The molecule has 31 heavy (non-hydrogen) atoms. The zero-order chi connectivity index (χ0) is 23.0. The molecule has 0 N–H and O–H groups in total. The van der Waals surface area contributed by atoms with Crippen LogP contribution in [0.25, 0.3) is 0 Å². The van der Waals surface area contributed by atoms with Gasteiger partial charge in [0.25, 0.3) is 0 Å². The van der Waals surface area contributed by atoms with Crippen molar-refractivity contribution in [3.8, 4) is 0 Å². The van der Waals surface area contributed by atoms with Crippen molar-refractivity contribution in [2.24, 2.45) is 5.92 Å². The number of carbonyl (C=O) groups excluding carboxylic acids is 2. The number of amides is 2. The average molecular weight is 452 g/mol. The Morgan fingerprint density at radius 2 is 1.45 bits per heavy atom. The van der Waals surface area contributed by atoms with Crippen LogP contribution in [0.1, 0.15) is 59.8 Å². The molecule has 8 heteroatoms. The molecule has 174 valence electrons. The molecule has 1 aromatic rings. The summed E-state index contributed by atoms with van der Waals surface area (Å²) < 4.78 is 27.4. The van der Waals surface area contributed by atoms with Gasteiger partial charge in [-0.3, -0.25) is 9.59 Å². The molecule has 1 saturated heterocycles. The van der Waals surface area contributed by atoms with Crippen LogP contribution in [0.2, 0.25) is 0 Å². The Bertz CT molecular complexity index is 827. The zero-order valence-corrected chi connectivity index (χ0v) is 20.2. The standard InChI is InChI=1S/C23H37N3O4S/c1-5-13-24(14-6-2)23(28)19-17-22(27)26(18-19)20-9-11-21(12-10-20)31(29,30)25(15-7-3)16-8-4/h9-12,19H,5-8,13-18H2,1-4H3/t19-/m0/s1. The SMILES string of the molecule is CCCN(CCC)C(=O)[C@H]1CC(=O)N(c2ccc(S(=O)(=O)N(CCC)CCC)cc2)C1. The van der Waals surface area contributed by atoms with E-state index in [0.29, 0.717) is 38.4 Å². The van der Waals surface area contributed by atoms with E-state index in [4.69, 9.17) is 0 Å². The molecule has 1 aromatic carbocycles. The summed E-state index contributed by atoms with van der Waals surface area (Å²) >= 11 is 0. The molecule has 1 atom stereocenters. The molecule has 7 nitrogen and oxygen atoms in total. The lowest BCUT2D eigenvalue weighted by atomic mass is 10.1. The predicted octanol–water partition coefficient (Wildman–Crippen LogP) is 3.50. The Kier molecular flexibility index (Phi) is 9.50. The van der Waals surface area contributed by atoms with E-state index in [1.54, 1.807) is 29.2 Å². The van der Waals surface area contributed by atoms with Crippen LogP contribution in [-0.2, 0) is 19.6 Å². The maximum atomic E-state index is 12.9. The van der Waals surface area contributed by atoms with Gasteiger partial charge in [0.1, 0.15) is 0 Å². The van der Waals surface area contributed by atoms with E-state index in [-0.39, 0.29) is 29.0 Å². The van der Waals surface area contributed by atoms with E-state index in [1.807, 2.05) is 32.6 Å². The lowest BCUT2D eigenvalue weighted by molar-refractivity contribution is -0.135. The van der Waals surface area contributed by atoms with Crippen molar-refractivity contribution in [1.82, 2.24) is 9.21 Å². The smallest absolute Gasteiger partial charge is 0.243 e. The zero-order valence-electron chi connectivity index (χ0n) is 19.3. The second-order valence-corrected chi connectivity index (χ2v) is 10.1.